The van der Waals surface area contributed by atoms with Crippen molar-refractivity contribution in [2.75, 3.05) is 32.6 Å². The molecule has 0 aliphatic carbocycles. The van der Waals surface area contributed by atoms with Gasteiger partial charge in [0.2, 0.25) is 10.0 Å². The summed E-state index contributed by atoms with van der Waals surface area (Å²) < 4.78 is 31.2. The van der Waals surface area contributed by atoms with Gasteiger partial charge in [-0.05, 0) is 51.1 Å². The van der Waals surface area contributed by atoms with Crippen LogP contribution in [0, 0.1) is 11.3 Å². The third-order valence-electron chi connectivity index (χ3n) is 4.51. The Morgan fingerprint density at radius 2 is 2.10 bits per heavy atom. The highest BCUT2D eigenvalue weighted by atomic mass is 32.2. The smallest absolute Gasteiger partial charge is 0.266 e. The number of allylic oxidation sites excluding steroid dienone is 2. The minimum Gasteiger partial charge on any atom is -0.477 e. The van der Waals surface area contributed by atoms with E-state index in [9.17, 15) is 18.5 Å². The average molecular weight is 419 g/mol. The van der Waals surface area contributed by atoms with Crippen LogP contribution in [0.3, 0.4) is 0 Å². The van der Waals surface area contributed by atoms with Crippen molar-refractivity contribution in [1.29, 1.82) is 5.26 Å². The molecular weight excluding hydrogens is 392 g/mol. The molecule has 1 aromatic rings. The molecule has 1 aromatic carbocycles. The fourth-order valence-corrected chi connectivity index (χ4v) is 3.84. The molecule has 156 valence electrons. The van der Waals surface area contributed by atoms with Crippen molar-refractivity contribution >= 4 is 21.6 Å². The van der Waals surface area contributed by atoms with E-state index >= 15 is 0 Å². The lowest BCUT2D eigenvalue weighted by molar-refractivity contribution is -0.112. The number of sulfonamides is 1. The molecule has 29 heavy (non-hydrogen) atoms. The number of hydrogen-bond donors (Lipinski definition) is 1. The molecule has 8 nitrogen and oxygen atoms in total. The first kappa shape index (κ1) is 22.5. The number of rotatable bonds is 6. The molecule has 0 radical (unpaired) electrons. The van der Waals surface area contributed by atoms with Gasteiger partial charge in [-0.2, -0.15) is 5.26 Å². The Morgan fingerprint density at radius 3 is 2.69 bits per heavy atom. The summed E-state index contributed by atoms with van der Waals surface area (Å²) in [4.78, 5) is 14.6. The summed E-state index contributed by atoms with van der Waals surface area (Å²) in [6, 6.07) is 7.74. The number of hydrogen-bond acceptors (Lipinski definition) is 6. The zero-order chi connectivity index (χ0) is 21.8. The second-order valence-corrected chi connectivity index (χ2v) is 9.46. The van der Waals surface area contributed by atoms with Crippen LogP contribution < -0.4 is 5.32 Å². The maximum Gasteiger partial charge on any atom is 0.266 e. The molecule has 0 saturated carbocycles. The second-order valence-electron chi connectivity index (χ2n) is 7.31. The van der Waals surface area contributed by atoms with Gasteiger partial charge in [0.1, 0.15) is 18.2 Å². The fraction of sp³-hybridized carbons (Fsp3) is 0.400. The molecule has 2 rings (SSSR count). The van der Waals surface area contributed by atoms with Gasteiger partial charge in [0, 0.05) is 26.3 Å². The summed E-state index contributed by atoms with van der Waals surface area (Å²) in [6.45, 7) is 7.35. The van der Waals surface area contributed by atoms with E-state index in [2.05, 4.69) is 5.32 Å². The van der Waals surface area contributed by atoms with E-state index in [1.165, 1.54) is 38.4 Å². The number of nitrogens with one attached hydrogen (secondary N) is 1. The Labute approximate surface area is 172 Å². The molecule has 0 unspecified atom stereocenters. The van der Waals surface area contributed by atoms with E-state index in [4.69, 9.17) is 4.74 Å². The van der Waals surface area contributed by atoms with Crippen LogP contribution in [0.1, 0.15) is 20.8 Å². The summed E-state index contributed by atoms with van der Waals surface area (Å²) in [5.74, 6) is -0.0406. The summed E-state index contributed by atoms with van der Waals surface area (Å²) in [7, 11) is -0.777. The molecule has 1 amide bonds. The Balaban J connectivity index is 2.23. The van der Waals surface area contributed by atoms with Crippen molar-refractivity contribution < 1.29 is 17.9 Å². The number of likely N-dealkylation sites (N-methyl/N-ethyl adjacent to an activating group) is 1. The van der Waals surface area contributed by atoms with Crippen LogP contribution in [-0.2, 0) is 19.6 Å². The number of carbonyl (C=O) groups excluding carboxylic acids is 1. The molecule has 9 heteroatoms. The van der Waals surface area contributed by atoms with E-state index in [-0.39, 0.29) is 21.7 Å². The highest BCUT2D eigenvalue weighted by molar-refractivity contribution is 7.89. The molecule has 1 N–H and O–H groups in total. The van der Waals surface area contributed by atoms with Gasteiger partial charge in [-0.25, -0.2) is 12.7 Å². The first-order chi connectivity index (χ1) is 13.5. The second kappa shape index (κ2) is 8.68. The Morgan fingerprint density at radius 1 is 1.41 bits per heavy atom. The van der Waals surface area contributed by atoms with Crippen molar-refractivity contribution in [2.45, 2.75) is 31.2 Å². The van der Waals surface area contributed by atoms with E-state index in [0.29, 0.717) is 12.5 Å². The Bertz CT molecular complexity index is 988. The van der Waals surface area contributed by atoms with Gasteiger partial charge in [0.05, 0.1) is 10.4 Å². The topological polar surface area (TPSA) is 103 Å². The molecule has 1 aliphatic heterocycles. The van der Waals surface area contributed by atoms with Crippen LogP contribution in [0.15, 0.2) is 52.8 Å². The van der Waals surface area contributed by atoms with Crippen LogP contribution in [0.4, 0.5) is 5.69 Å². The first-order valence-corrected chi connectivity index (χ1v) is 10.5. The standard InChI is InChI=1S/C20H26N4O4S/c1-6-24-18(28-14-20(24,2)3)11-10-15(13-21)19(25)22-16-8-7-9-17(12-16)29(26,27)23(4)5/h7-12H,6,14H2,1-5H3,(H,22,25). The highest BCUT2D eigenvalue weighted by Crippen LogP contribution is 2.29. The number of nitrogens with zero attached hydrogens (tertiary/aromatic N) is 3. The molecule has 1 heterocycles. The van der Waals surface area contributed by atoms with Crippen molar-refractivity contribution in [1.82, 2.24) is 9.21 Å². The van der Waals surface area contributed by atoms with Gasteiger partial charge >= 0.3 is 0 Å². The monoisotopic (exact) mass is 418 g/mol. The van der Waals surface area contributed by atoms with Crippen molar-refractivity contribution in [3.05, 3.63) is 47.9 Å². The van der Waals surface area contributed by atoms with Crippen LogP contribution in [0.5, 0.6) is 0 Å². The minimum absolute atomic E-state index is 0.0464. The average Bonchev–Trinajstić information content (AvgIpc) is 2.95. The fourth-order valence-electron chi connectivity index (χ4n) is 2.89. The number of anilines is 1. The van der Waals surface area contributed by atoms with Crippen LogP contribution in [0.2, 0.25) is 0 Å². The van der Waals surface area contributed by atoms with Gasteiger partial charge in [-0.15, -0.1) is 0 Å². The zero-order valence-corrected chi connectivity index (χ0v) is 18.1. The van der Waals surface area contributed by atoms with Crippen molar-refractivity contribution in [3.63, 3.8) is 0 Å². The van der Waals surface area contributed by atoms with Crippen molar-refractivity contribution in [3.8, 4) is 6.07 Å². The van der Waals surface area contributed by atoms with Gasteiger partial charge in [0.15, 0.2) is 5.88 Å². The largest absolute Gasteiger partial charge is 0.477 e. The Kier molecular flexibility index (Phi) is 6.72. The lowest BCUT2D eigenvalue weighted by atomic mass is 10.1. The first-order valence-electron chi connectivity index (χ1n) is 9.09. The third-order valence-corrected chi connectivity index (χ3v) is 6.33. The summed E-state index contributed by atoms with van der Waals surface area (Å²) in [5.41, 5.74) is -0.00937. The van der Waals surface area contributed by atoms with Crippen molar-refractivity contribution in [2.24, 2.45) is 0 Å². The summed E-state index contributed by atoms with van der Waals surface area (Å²) in [6.07, 6.45) is 3.00. The molecule has 0 aromatic heterocycles. The molecular formula is C20H26N4O4S. The number of amides is 1. The van der Waals surface area contributed by atoms with Crippen LogP contribution in [-0.4, -0.2) is 56.3 Å². The molecule has 0 atom stereocenters. The van der Waals surface area contributed by atoms with E-state index < -0.39 is 15.9 Å². The van der Waals surface area contributed by atoms with E-state index in [0.717, 1.165) is 10.8 Å². The van der Waals surface area contributed by atoms with Gasteiger partial charge in [-0.3, -0.25) is 4.79 Å². The molecule has 0 spiro atoms. The van der Waals surface area contributed by atoms with Gasteiger partial charge in [-0.1, -0.05) is 6.07 Å². The molecule has 1 fully saturated rings. The van der Waals surface area contributed by atoms with Gasteiger partial charge < -0.3 is 15.0 Å². The SMILES string of the molecule is CCN1C(=CC=C(C#N)C(=O)Nc2cccc(S(=O)(=O)N(C)C)c2)OCC1(C)C. The number of nitriles is 1. The predicted octanol–water partition coefficient (Wildman–Crippen LogP) is 2.30. The molecule has 0 bridgehead atoms. The minimum atomic E-state index is -3.63. The predicted molar refractivity (Wildman–Crippen MR) is 110 cm³/mol. The normalized spacial score (nSPS) is 17.9. The molecule has 1 saturated heterocycles. The van der Waals surface area contributed by atoms with Gasteiger partial charge in [0.25, 0.3) is 5.91 Å². The lowest BCUT2D eigenvalue weighted by Crippen LogP contribution is -2.39. The number of benzene rings is 1. The number of carbonyl (C=O) groups is 1. The van der Waals surface area contributed by atoms with Crippen LogP contribution in [0.25, 0.3) is 0 Å². The van der Waals surface area contributed by atoms with Crippen LogP contribution >= 0.6 is 0 Å². The third kappa shape index (κ3) is 4.96. The van der Waals surface area contributed by atoms with E-state index in [1.54, 1.807) is 12.1 Å². The number of ether oxygens (including phenoxy) is 1. The quantitative estimate of drug-likeness (QED) is 0.562. The highest BCUT2D eigenvalue weighted by Gasteiger charge is 2.35. The summed E-state index contributed by atoms with van der Waals surface area (Å²) in [5, 5.41) is 11.9. The lowest BCUT2D eigenvalue weighted by Gasteiger charge is -2.28. The maximum atomic E-state index is 12.5. The van der Waals surface area contributed by atoms with E-state index in [1.807, 2.05) is 31.7 Å². The molecule has 1 aliphatic rings. The zero-order valence-electron chi connectivity index (χ0n) is 17.3. The maximum absolute atomic E-state index is 12.5. The Hall–Kier alpha value is -2.83. The summed E-state index contributed by atoms with van der Waals surface area (Å²) >= 11 is 0.